The number of hydrogen-bond donors (Lipinski definition) is 1. The molecule has 128 valence electrons. The molecular weight excluding hydrogens is 296 g/mol. The van der Waals surface area contributed by atoms with Crippen molar-refractivity contribution in [2.45, 2.75) is 33.2 Å². The topological polar surface area (TPSA) is 24.8 Å². The van der Waals surface area contributed by atoms with Crippen LogP contribution in [0.4, 0.5) is 0 Å². The van der Waals surface area contributed by atoms with E-state index in [0.717, 1.165) is 39.0 Å². The van der Waals surface area contributed by atoms with E-state index >= 15 is 0 Å². The van der Waals surface area contributed by atoms with Gasteiger partial charge in [-0.05, 0) is 37.5 Å². The van der Waals surface area contributed by atoms with Gasteiger partial charge in [0.05, 0.1) is 19.0 Å². The normalized spacial score (nSPS) is 20.9. The molecule has 2 atom stereocenters. The van der Waals surface area contributed by atoms with Gasteiger partial charge in [0.25, 0.3) is 0 Å². The van der Waals surface area contributed by atoms with E-state index in [1.54, 1.807) is 4.90 Å². The van der Waals surface area contributed by atoms with Crippen molar-refractivity contribution in [3.05, 3.63) is 48.0 Å². The van der Waals surface area contributed by atoms with Crippen LogP contribution in [0, 0.1) is 5.92 Å². The quantitative estimate of drug-likeness (QED) is 0.898. The molecule has 24 heavy (non-hydrogen) atoms. The van der Waals surface area contributed by atoms with Crippen molar-refractivity contribution in [2.24, 2.45) is 5.92 Å². The van der Waals surface area contributed by atoms with Crippen molar-refractivity contribution in [2.75, 3.05) is 26.2 Å². The van der Waals surface area contributed by atoms with Crippen LogP contribution in [-0.2, 0) is 11.3 Å². The van der Waals surface area contributed by atoms with Gasteiger partial charge in [0.2, 0.25) is 5.91 Å². The minimum Gasteiger partial charge on any atom is -0.343 e. The number of nitrogens with zero attached hydrogens (tertiary/aromatic N) is 1. The minimum atomic E-state index is 0.198. The molecule has 3 heteroatoms. The Labute approximate surface area is 145 Å². The standard InChI is InChI=1S/C21H28N2O/c1-3-23(4-2)21(24)19-12-8-14-22(16-19)15-18-11-7-10-17-9-5-6-13-20(17)18/h5-7,9-11,13,19H,3-4,8,12,14-16H2,1-2H3/p+1/t19-/m1/s1. The number of quaternary nitrogens is 1. The number of benzene rings is 2. The third-order valence-corrected chi connectivity index (χ3v) is 5.36. The number of nitrogens with one attached hydrogen (secondary N) is 1. The van der Waals surface area contributed by atoms with Crippen LogP contribution in [0.5, 0.6) is 0 Å². The van der Waals surface area contributed by atoms with Gasteiger partial charge in [-0.3, -0.25) is 4.79 Å². The first-order valence-electron chi connectivity index (χ1n) is 9.32. The number of hydrogen-bond acceptors (Lipinski definition) is 1. The van der Waals surface area contributed by atoms with Gasteiger partial charge in [-0.25, -0.2) is 0 Å². The van der Waals surface area contributed by atoms with Gasteiger partial charge in [0.1, 0.15) is 6.54 Å². The first kappa shape index (κ1) is 17.0. The number of amides is 1. The molecule has 3 rings (SSSR count). The fourth-order valence-electron chi connectivity index (χ4n) is 4.03. The second-order valence-corrected chi connectivity index (χ2v) is 6.87. The second kappa shape index (κ2) is 7.80. The molecule has 1 heterocycles. The van der Waals surface area contributed by atoms with Crippen molar-refractivity contribution in [3.63, 3.8) is 0 Å². The van der Waals surface area contributed by atoms with Crippen LogP contribution in [0.15, 0.2) is 42.5 Å². The Morgan fingerprint density at radius 1 is 1.12 bits per heavy atom. The number of piperidine rings is 1. The maximum Gasteiger partial charge on any atom is 0.231 e. The highest BCUT2D eigenvalue weighted by atomic mass is 16.2. The average molecular weight is 325 g/mol. The van der Waals surface area contributed by atoms with E-state index in [4.69, 9.17) is 0 Å². The fraction of sp³-hybridized carbons (Fsp3) is 0.476. The van der Waals surface area contributed by atoms with Gasteiger partial charge in [0.15, 0.2) is 0 Å². The lowest BCUT2D eigenvalue weighted by molar-refractivity contribution is -0.921. The minimum absolute atomic E-state index is 0.198. The fourth-order valence-corrected chi connectivity index (χ4v) is 4.03. The highest BCUT2D eigenvalue weighted by molar-refractivity contribution is 5.85. The molecule has 0 spiro atoms. The summed E-state index contributed by atoms with van der Waals surface area (Å²) in [6.45, 7) is 8.96. The third kappa shape index (κ3) is 3.62. The van der Waals surface area contributed by atoms with Gasteiger partial charge in [-0.2, -0.15) is 0 Å². The summed E-state index contributed by atoms with van der Waals surface area (Å²) >= 11 is 0. The first-order valence-corrected chi connectivity index (χ1v) is 9.32. The zero-order chi connectivity index (χ0) is 16.9. The summed E-state index contributed by atoms with van der Waals surface area (Å²) in [5.41, 5.74) is 1.40. The predicted molar refractivity (Wildman–Crippen MR) is 99.0 cm³/mol. The van der Waals surface area contributed by atoms with Crippen LogP contribution in [0.25, 0.3) is 10.8 Å². The molecule has 1 N–H and O–H groups in total. The summed E-state index contributed by atoms with van der Waals surface area (Å²) < 4.78 is 0. The lowest BCUT2D eigenvalue weighted by Crippen LogP contribution is -3.12. The van der Waals surface area contributed by atoms with Crippen molar-refractivity contribution in [3.8, 4) is 0 Å². The van der Waals surface area contributed by atoms with Gasteiger partial charge < -0.3 is 9.80 Å². The molecule has 3 nitrogen and oxygen atoms in total. The van der Waals surface area contributed by atoms with Crippen molar-refractivity contribution in [1.82, 2.24) is 4.90 Å². The zero-order valence-electron chi connectivity index (χ0n) is 14.9. The Morgan fingerprint density at radius 3 is 2.67 bits per heavy atom. The average Bonchev–Trinajstić information content (AvgIpc) is 2.63. The molecule has 1 aliphatic rings. The molecule has 1 aliphatic heterocycles. The third-order valence-electron chi connectivity index (χ3n) is 5.36. The Hall–Kier alpha value is -1.87. The lowest BCUT2D eigenvalue weighted by atomic mass is 9.95. The number of rotatable bonds is 5. The molecule has 1 saturated heterocycles. The number of carbonyl (C=O) groups is 1. The van der Waals surface area contributed by atoms with Crippen LogP contribution in [-0.4, -0.2) is 37.0 Å². The molecule has 0 aliphatic carbocycles. The molecule has 1 fully saturated rings. The maximum absolute atomic E-state index is 12.7. The van der Waals surface area contributed by atoms with Gasteiger partial charge in [0, 0.05) is 18.7 Å². The summed E-state index contributed by atoms with van der Waals surface area (Å²) in [5.74, 6) is 0.554. The van der Waals surface area contributed by atoms with E-state index < -0.39 is 0 Å². The van der Waals surface area contributed by atoms with E-state index in [-0.39, 0.29) is 5.92 Å². The Kier molecular flexibility index (Phi) is 5.52. The lowest BCUT2D eigenvalue weighted by Gasteiger charge is -2.32. The van der Waals surface area contributed by atoms with Crippen LogP contribution >= 0.6 is 0 Å². The molecule has 1 unspecified atom stereocenters. The first-order chi connectivity index (χ1) is 11.7. The summed E-state index contributed by atoms with van der Waals surface area (Å²) in [7, 11) is 0. The highest BCUT2D eigenvalue weighted by Gasteiger charge is 2.31. The molecule has 0 saturated carbocycles. The van der Waals surface area contributed by atoms with Crippen LogP contribution in [0.2, 0.25) is 0 Å². The van der Waals surface area contributed by atoms with E-state index in [0.29, 0.717) is 5.91 Å². The number of likely N-dealkylation sites (tertiary alicyclic amines) is 1. The van der Waals surface area contributed by atoms with Crippen molar-refractivity contribution >= 4 is 16.7 Å². The molecule has 0 bridgehead atoms. The smallest absolute Gasteiger partial charge is 0.231 e. The molecular formula is C21H29N2O+. The number of carbonyl (C=O) groups excluding carboxylic acids is 1. The summed E-state index contributed by atoms with van der Waals surface area (Å²) in [6.07, 6.45) is 2.20. The largest absolute Gasteiger partial charge is 0.343 e. The maximum atomic E-state index is 12.7. The zero-order valence-corrected chi connectivity index (χ0v) is 14.9. The van der Waals surface area contributed by atoms with Gasteiger partial charge in [-0.15, -0.1) is 0 Å². The van der Waals surface area contributed by atoms with E-state index in [2.05, 4.69) is 56.3 Å². The summed E-state index contributed by atoms with van der Waals surface area (Å²) in [6, 6.07) is 15.2. The second-order valence-electron chi connectivity index (χ2n) is 6.87. The molecule has 1 amide bonds. The van der Waals surface area contributed by atoms with E-state index in [9.17, 15) is 4.79 Å². The SMILES string of the molecule is CCN(CC)C(=O)[C@@H]1CCC[NH+](Cc2cccc3ccccc23)C1. The number of fused-ring (bicyclic) bond motifs is 1. The van der Waals surface area contributed by atoms with Crippen LogP contribution in [0.3, 0.4) is 0 Å². The Bertz CT molecular complexity index is 688. The Balaban J connectivity index is 1.72. The predicted octanol–water partition coefficient (Wildman–Crippen LogP) is 2.50. The Morgan fingerprint density at radius 2 is 1.88 bits per heavy atom. The summed E-state index contributed by atoms with van der Waals surface area (Å²) in [4.78, 5) is 16.2. The van der Waals surface area contributed by atoms with Crippen molar-refractivity contribution < 1.29 is 9.69 Å². The molecule has 0 radical (unpaired) electrons. The highest BCUT2D eigenvalue weighted by Crippen LogP contribution is 2.18. The summed E-state index contributed by atoms with van der Waals surface area (Å²) in [5, 5.41) is 2.66. The monoisotopic (exact) mass is 325 g/mol. The van der Waals surface area contributed by atoms with Gasteiger partial charge in [-0.1, -0.05) is 42.5 Å². The van der Waals surface area contributed by atoms with E-state index in [1.807, 2.05) is 4.90 Å². The van der Waals surface area contributed by atoms with E-state index in [1.165, 1.54) is 22.9 Å². The van der Waals surface area contributed by atoms with Crippen LogP contribution < -0.4 is 4.90 Å². The van der Waals surface area contributed by atoms with Crippen molar-refractivity contribution in [1.29, 1.82) is 0 Å². The van der Waals surface area contributed by atoms with Gasteiger partial charge >= 0.3 is 0 Å². The molecule has 2 aromatic rings. The molecule has 0 aromatic heterocycles. The van der Waals surface area contributed by atoms with Crippen LogP contribution in [0.1, 0.15) is 32.3 Å². The molecule has 2 aromatic carbocycles.